The molecule has 0 aliphatic carbocycles. The minimum absolute atomic E-state index is 0.0489. The predicted molar refractivity (Wildman–Crippen MR) is 89.1 cm³/mol. The number of hydrogen-bond acceptors (Lipinski definition) is 4. The molecule has 2 rings (SSSR count). The Hall–Kier alpha value is -2.08. The van der Waals surface area contributed by atoms with Crippen LogP contribution in [-0.2, 0) is 14.3 Å². The summed E-state index contributed by atoms with van der Waals surface area (Å²) in [5.41, 5.74) is 0.867. The highest BCUT2D eigenvalue weighted by Gasteiger charge is 2.30. The smallest absolute Gasteiger partial charge is 0.308 e. The average Bonchev–Trinajstić information content (AvgIpc) is 2.61. The summed E-state index contributed by atoms with van der Waals surface area (Å²) in [7, 11) is 1.59. The van der Waals surface area contributed by atoms with Crippen molar-refractivity contribution in [3.63, 3.8) is 0 Å². The van der Waals surface area contributed by atoms with Crippen LogP contribution in [0.2, 0.25) is 0 Å². The van der Waals surface area contributed by atoms with Crippen LogP contribution in [0.3, 0.4) is 0 Å². The maximum absolute atomic E-state index is 12.3. The Balaban J connectivity index is 1.92. The highest BCUT2D eigenvalue weighted by atomic mass is 16.5. The van der Waals surface area contributed by atoms with Gasteiger partial charge in [0.25, 0.3) is 0 Å². The van der Waals surface area contributed by atoms with E-state index in [0.29, 0.717) is 13.2 Å². The second-order valence-electron chi connectivity index (χ2n) is 6.13. The molecule has 1 saturated heterocycles. The molecule has 6 nitrogen and oxygen atoms in total. The van der Waals surface area contributed by atoms with Gasteiger partial charge in [-0.15, -0.1) is 0 Å². The van der Waals surface area contributed by atoms with Gasteiger partial charge in [0.2, 0.25) is 5.91 Å². The maximum atomic E-state index is 12.3. The number of aliphatic carboxylic acids is 1. The first-order valence-electron chi connectivity index (χ1n) is 8.25. The quantitative estimate of drug-likeness (QED) is 0.796. The fraction of sp³-hybridized carbons (Fsp3) is 0.556. The van der Waals surface area contributed by atoms with Gasteiger partial charge in [-0.25, -0.2) is 0 Å². The predicted octanol–water partition coefficient (Wildman–Crippen LogP) is 2.04. The van der Waals surface area contributed by atoms with Gasteiger partial charge in [0.1, 0.15) is 5.75 Å². The molecule has 0 radical (unpaired) electrons. The van der Waals surface area contributed by atoms with Crippen LogP contribution in [0.15, 0.2) is 24.3 Å². The van der Waals surface area contributed by atoms with Crippen molar-refractivity contribution in [1.82, 2.24) is 5.32 Å². The Bertz CT molecular complexity index is 551. The van der Waals surface area contributed by atoms with Crippen LogP contribution in [0.1, 0.15) is 31.2 Å². The molecule has 2 atom stereocenters. The lowest BCUT2D eigenvalue weighted by atomic mass is 9.86. The van der Waals surface area contributed by atoms with Crippen molar-refractivity contribution in [1.29, 1.82) is 0 Å². The van der Waals surface area contributed by atoms with Crippen LogP contribution in [0, 0.1) is 11.8 Å². The van der Waals surface area contributed by atoms with Crippen LogP contribution in [0.5, 0.6) is 5.75 Å². The molecule has 0 bridgehead atoms. The molecule has 1 amide bonds. The second kappa shape index (κ2) is 8.68. The average molecular weight is 335 g/mol. The van der Waals surface area contributed by atoms with Crippen LogP contribution in [0.25, 0.3) is 0 Å². The third-order valence-electron chi connectivity index (χ3n) is 4.66. The van der Waals surface area contributed by atoms with Gasteiger partial charge in [-0.2, -0.15) is 0 Å². The molecule has 0 spiro atoms. The van der Waals surface area contributed by atoms with E-state index in [1.54, 1.807) is 26.2 Å². The van der Waals surface area contributed by atoms with Gasteiger partial charge < -0.3 is 19.9 Å². The maximum Gasteiger partial charge on any atom is 0.308 e. The van der Waals surface area contributed by atoms with Gasteiger partial charge in [0, 0.05) is 19.8 Å². The fourth-order valence-corrected chi connectivity index (χ4v) is 2.98. The van der Waals surface area contributed by atoms with Crippen LogP contribution < -0.4 is 10.1 Å². The summed E-state index contributed by atoms with van der Waals surface area (Å²) in [5, 5.41) is 12.2. The fourth-order valence-electron chi connectivity index (χ4n) is 2.98. The number of carbonyl (C=O) groups is 2. The first kappa shape index (κ1) is 18.3. The molecular formula is C18H25NO5. The van der Waals surface area contributed by atoms with Crippen molar-refractivity contribution >= 4 is 11.9 Å². The minimum atomic E-state index is -0.862. The van der Waals surface area contributed by atoms with E-state index in [1.165, 1.54) is 0 Å². The Morgan fingerprint density at radius 3 is 2.46 bits per heavy atom. The molecule has 1 aliphatic heterocycles. The van der Waals surface area contributed by atoms with E-state index in [9.17, 15) is 14.7 Å². The molecule has 1 heterocycles. The number of rotatable bonds is 7. The minimum Gasteiger partial charge on any atom is -0.497 e. The third kappa shape index (κ3) is 4.71. The number of carboxylic acid groups (broad SMARTS) is 1. The Morgan fingerprint density at radius 1 is 1.29 bits per heavy atom. The number of methoxy groups -OCH3 is 1. The first-order chi connectivity index (χ1) is 11.5. The van der Waals surface area contributed by atoms with E-state index in [0.717, 1.165) is 24.2 Å². The summed E-state index contributed by atoms with van der Waals surface area (Å²) >= 11 is 0. The topological polar surface area (TPSA) is 84.9 Å². The lowest BCUT2D eigenvalue weighted by Gasteiger charge is -2.28. The van der Waals surface area contributed by atoms with E-state index >= 15 is 0 Å². The Kier molecular flexibility index (Phi) is 6.61. The lowest BCUT2D eigenvalue weighted by molar-refractivity contribution is -0.145. The van der Waals surface area contributed by atoms with Crippen molar-refractivity contribution in [2.75, 3.05) is 26.9 Å². The molecule has 132 valence electrons. The molecule has 2 N–H and O–H groups in total. The molecule has 2 unspecified atom stereocenters. The summed E-state index contributed by atoms with van der Waals surface area (Å²) in [6, 6.07) is 7.30. The zero-order valence-corrected chi connectivity index (χ0v) is 14.2. The number of ether oxygens (including phenoxy) is 2. The zero-order chi connectivity index (χ0) is 17.5. The number of nitrogens with one attached hydrogen (secondary N) is 1. The molecular weight excluding hydrogens is 310 g/mol. The number of carboxylic acids is 1. The van der Waals surface area contributed by atoms with Gasteiger partial charge in [-0.05, 0) is 43.4 Å². The van der Waals surface area contributed by atoms with Crippen LogP contribution in [0.4, 0.5) is 0 Å². The number of benzene rings is 1. The third-order valence-corrected chi connectivity index (χ3v) is 4.66. The normalized spacial score (nSPS) is 17.8. The van der Waals surface area contributed by atoms with Crippen molar-refractivity contribution in [3.8, 4) is 5.75 Å². The molecule has 0 saturated carbocycles. The lowest BCUT2D eigenvalue weighted by Crippen LogP contribution is -2.40. The number of carbonyl (C=O) groups excluding carboxylic acids is 1. The molecule has 6 heteroatoms. The number of hydrogen-bond donors (Lipinski definition) is 2. The van der Waals surface area contributed by atoms with Gasteiger partial charge in [0.15, 0.2) is 0 Å². The Labute approximate surface area is 142 Å². The van der Waals surface area contributed by atoms with E-state index in [1.807, 2.05) is 12.1 Å². The van der Waals surface area contributed by atoms with E-state index < -0.39 is 11.9 Å². The second-order valence-corrected chi connectivity index (χ2v) is 6.13. The molecule has 1 aromatic carbocycles. The summed E-state index contributed by atoms with van der Waals surface area (Å²) in [6.07, 6.45) is 1.45. The van der Waals surface area contributed by atoms with Gasteiger partial charge in [-0.1, -0.05) is 12.1 Å². The summed E-state index contributed by atoms with van der Waals surface area (Å²) in [4.78, 5) is 23.9. The molecule has 0 aromatic heterocycles. The van der Waals surface area contributed by atoms with Crippen molar-refractivity contribution in [2.45, 2.75) is 25.7 Å². The van der Waals surface area contributed by atoms with Crippen molar-refractivity contribution in [3.05, 3.63) is 29.8 Å². The zero-order valence-electron chi connectivity index (χ0n) is 14.2. The van der Waals surface area contributed by atoms with Crippen molar-refractivity contribution < 1.29 is 24.2 Å². The van der Waals surface area contributed by atoms with Gasteiger partial charge in [0.05, 0.1) is 18.9 Å². The standard InChI is InChI=1S/C18H25NO5/c1-12(13-3-5-15(23-2)6-4-13)17(20)19-11-16(18(21)22)14-7-9-24-10-8-14/h3-6,12,14,16H,7-11H2,1-2H3,(H,19,20)(H,21,22). The highest BCUT2D eigenvalue weighted by molar-refractivity contribution is 5.83. The van der Waals surface area contributed by atoms with Crippen LogP contribution >= 0.6 is 0 Å². The molecule has 1 aliphatic rings. The first-order valence-corrected chi connectivity index (χ1v) is 8.25. The van der Waals surface area contributed by atoms with Gasteiger partial charge in [-0.3, -0.25) is 9.59 Å². The van der Waals surface area contributed by atoms with E-state index in [2.05, 4.69) is 5.32 Å². The van der Waals surface area contributed by atoms with E-state index in [-0.39, 0.29) is 24.3 Å². The van der Waals surface area contributed by atoms with Crippen LogP contribution in [-0.4, -0.2) is 43.9 Å². The monoisotopic (exact) mass is 335 g/mol. The molecule has 1 fully saturated rings. The largest absolute Gasteiger partial charge is 0.497 e. The SMILES string of the molecule is COc1ccc(C(C)C(=O)NCC(C(=O)O)C2CCOCC2)cc1. The Morgan fingerprint density at radius 2 is 1.92 bits per heavy atom. The summed E-state index contributed by atoms with van der Waals surface area (Å²) < 4.78 is 10.4. The van der Waals surface area contributed by atoms with E-state index in [4.69, 9.17) is 9.47 Å². The van der Waals surface area contributed by atoms with Crippen molar-refractivity contribution in [2.24, 2.45) is 11.8 Å². The molecule has 24 heavy (non-hydrogen) atoms. The highest BCUT2D eigenvalue weighted by Crippen LogP contribution is 2.24. The summed E-state index contributed by atoms with van der Waals surface area (Å²) in [6.45, 7) is 3.13. The summed E-state index contributed by atoms with van der Waals surface area (Å²) in [5.74, 6) is -1.16. The van der Waals surface area contributed by atoms with Gasteiger partial charge >= 0.3 is 5.97 Å². The molecule has 1 aromatic rings. The number of amides is 1.